The summed E-state index contributed by atoms with van der Waals surface area (Å²) in [7, 11) is 0. The molecule has 2 heterocycles. The first kappa shape index (κ1) is 16.0. The van der Waals surface area contributed by atoms with E-state index in [2.05, 4.69) is 26.1 Å². The molecule has 0 radical (unpaired) electrons. The third-order valence-corrected chi connectivity index (χ3v) is 3.87. The summed E-state index contributed by atoms with van der Waals surface area (Å²) in [4.78, 5) is 0. The molecule has 3 nitrogen and oxygen atoms in total. The fraction of sp³-hybridized carbons (Fsp3) is 0.0667. The lowest BCUT2D eigenvalue weighted by molar-refractivity contribution is 0.546. The molecule has 23 heavy (non-hydrogen) atoms. The van der Waals surface area contributed by atoms with E-state index in [4.69, 9.17) is 16.0 Å². The molecule has 3 rings (SSSR count). The second-order valence-electron chi connectivity index (χ2n) is 4.67. The van der Waals surface area contributed by atoms with Crippen LogP contribution in [0.25, 0.3) is 22.5 Å². The van der Waals surface area contributed by atoms with Crippen LogP contribution < -0.4 is 0 Å². The summed E-state index contributed by atoms with van der Waals surface area (Å²) in [5, 5.41) is 7.32. The Kier molecular flexibility index (Phi) is 4.16. The molecule has 0 atom stereocenters. The van der Waals surface area contributed by atoms with Gasteiger partial charge in [-0.3, -0.25) is 0 Å². The van der Waals surface area contributed by atoms with Gasteiger partial charge in [-0.05, 0) is 35.0 Å². The Bertz CT molecular complexity index is 891. The highest BCUT2D eigenvalue weighted by Crippen LogP contribution is 2.41. The van der Waals surface area contributed by atoms with E-state index in [0.717, 1.165) is 0 Å². The number of hydrogen-bond donors (Lipinski definition) is 0. The van der Waals surface area contributed by atoms with E-state index in [1.54, 1.807) is 19.1 Å². The number of aromatic nitrogens is 2. The van der Waals surface area contributed by atoms with Gasteiger partial charge in [0.25, 0.3) is 0 Å². The van der Waals surface area contributed by atoms with Gasteiger partial charge >= 0.3 is 0 Å². The van der Waals surface area contributed by atoms with Gasteiger partial charge in [0, 0.05) is 17.7 Å². The number of aryl methyl sites for hydroxylation is 1. The molecule has 0 bridgehead atoms. The maximum absolute atomic E-state index is 14.2. The van der Waals surface area contributed by atoms with Crippen molar-refractivity contribution >= 4 is 27.5 Å². The molecule has 0 saturated carbocycles. The monoisotopic (exact) mass is 402 g/mol. The van der Waals surface area contributed by atoms with Crippen molar-refractivity contribution in [1.82, 2.24) is 10.2 Å². The minimum absolute atomic E-state index is 0.0454. The van der Waals surface area contributed by atoms with Gasteiger partial charge in [-0.2, -0.15) is 5.10 Å². The SMILES string of the molecule is Cc1nnc(Cl)c(-c2c(F)cc(F)cc2F)c1-c1ccc(Br)o1. The van der Waals surface area contributed by atoms with Crippen molar-refractivity contribution in [2.24, 2.45) is 0 Å². The summed E-state index contributed by atoms with van der Waals surface area (Å²) in [5.74, 6) is -2.92. The highest BCUT2D eigenvalue weighted by Gasteiger charge is 2.25. The summed E-state index contributed by atoms with van der Waals surface area (Å²) in [5.41, 5.74) is 0.0995. The van der Waals surface area contributed by atoms with Crippen molar-refractivity contribution in [3.63, 3.8) is 0 Å². The van der Waals surface area contributed by atoms with Crippen molar-refractivity contribution in [1.29, 1.82) is 0 Å². The summed E-state index contributed by atoms with van der Waals surface area (Å²) in [6.45, 7) is 1.60. The first-order chi connectivity index (χ1) is 10.9. The minimum Gasteiger partial charge on any atom is -0.449 e. The van der Waals surface area contributed by atoms with Crippen LogP contribution in [-0.4, -0.2) is 10.2 Å². The molecule has 0 N–H and O–H groups in total. The lowest BCUT2D eigenvalue weighted by Crippen LogP contribution is -2.01. The quantitative estimate of drug-likeness (QED) is 0.563. The van der Waals surface area contributed by atoms with Crippen LogP contribution in [0.5, 0.6) is 0 Å². The fourth-order valence-electron chi connectivity index (χ4n) is 2.26. The van der Waals surface area contributed by atoms with E-state index in [1.807, 2.05) is 0 Å². The molecule has 2 aromatic heterocycles. The van der Waals surface area contributed by atoms with E-state index in [0.29, 0.717) is 28.3 Å². The first-order valence-corrected chi connectivity index (χ1v) is 7.49. The van der Waals surface area contributed by atoms with Crippen LogP contribution in [-0.2, 0) is 0 Å². The summed E-state index contributed by atoms with van der Waals surface area (Å²) in [6.07, 6.45) is 0. The Morgan fingerprint density at radius 1 is 1.00 bits per heavy atom. The maximum atomic E-state index is 14.2. The molecule has 0 unspecified atom stereocenters. The Labute approximate surface area is 142 Å². The normalized spacial score (nSPS) is 11.0. The molecule has 0 spiro atoms. The van der Waals surface area contributed by atoms with Crippen molar-refractivity contribution in [2.75, 3.05) is 0 Å². The standard InChI is InChI=1S/C15H7BrClF3N2O/c1-6-12(10-2-3-11(16)23-10)14(15(17)22-21-6)13-8(19)4-7(18)5-9(13)20/h2-5H,1H3. The summed E-state index contributed by atoms with van der Waals surface area (Å²) in [6, 6.07) is 4.36. The van der Waals surface area contributed by atoms with Crippen LogP contribution >= 0.6 is 27.5 Å². The van der Waals surface area contributed by atoms with Crippen molar-refractivity contribution < 1.29 is 17.6 Å². The third kappa shape index (κ3) is 2.86. The van der Waals surface area contributed by atoms with Gasteiger partial charge in [0.2, 0.25) is 0 Å². The number of rotatable bonds is 2. The third-order valence-electron chi connectivity index (χ3n) is 3.18. The van der Waals surface area contributed by atoms with E-state index in [9.17, 15) is 13.2 Å². The van der Waals surface area contributed by atoms with E-state index >= 15 is 0 Å². The highest BCUT2D eigenvalue weighted by molar-refractivity contribution is 9.10. The molecule has 0 aliphatic rings. The molecule has 0 aliphatic heterocycles. The molecule has 0 amide bonds. The second kappa shape index (κ2) is 5.98. The topological polar surface area (TPSA) is 38.9 Å². The lowest BCUT2D eigenvalue weighted by atomic mass is 9.98. The fourth-order valence-corrected chi connectivity index (χ4v) is 2.80. The minimum atomic E-state index is -1.09. The van der Waals surface area contributed by atoms with Gasteiger partial charge in [-0.15, -0.1) is 5.10 Å². The first-order valence-electron chi connectivity index (χ1n) is 6.32. The average Bonchev–Trinajstić information content (AvgIpc) is 2.88. The molecule has 8 heteroatoms. The predicted molar refractivity (Wildman–Crippen MR) is 82.5 cm³/mol. The zero-order chi connectivity index (χ0) is 16.7. The van der Waals surface area contributed by atoms with Crippen LogP contribution in [0.3, 0.4) is 0 Å². The van der Waals surface area contributed by atoms with Crippen LogP contribution in [0.15, 0.2) is 33.4 Å². The molecule has 0 fully saturated rings. The van der Waals surface area contributed by atoms with E-state index in [1.165, 1.54) is 0 Å². The maximum Gasteiger partial charge on any atom is 0.169 e. The van der Waals surface area contributed by atoms with Gasteiger partial charge < -0.3 is 4.42 Å². The van der Waals surface area contributed by atoms with Crippen LogP contribution in [0.2, 0.25) is 5.15 Å². The van der Waals surface area contributed by atoms with Crippen molar-refractivity contribution in [2.45, 2.75) is 6.92 Å². The van der Waals surface area contributed by atoms with Gasteiger partial charge in [0.05, 0.1) is 16.8 Å². The molecule has 3 aromatic rings. The number of halogens is 5. The van der Waals surface area contributed by atoms with Crippen LogP contribution in [0.1, 0.15) is 5.69 Å². The lowest BCUT2D eigenvalue weighted by Gasteiger charge is -2.13. The smallest absolute Gasteiger partial charge is 0.169 e. The van der Waals surface area contributed by atoms with Crippen LogP contribution in [0.4, 0.5) is 13.2 Å². The zero-order valence-corrected chi connectivity index (χ0v) is 13.8. The van der Waals surface area contributed by atoms with Crippen molar-refractivity contribution in [3.8, 4) is 22.5 Å². The summed E-state index contributed by atoms with van der Waals surface area (Å²) >= 11 is 9.18. The number of nitrogens with zero attached hydrogens (tertiary/aromatic N) is 2. The predicted octanol–water partition coefficient (Wildman–Crippen LogP) is 5.55. The molecule has 0 saturated heterocycles. The van der Waals surface area contributed by atoms with E-state index < -0.39 is 23.0 Å². The Morgan fingerprint density at radius 2 is 1.65 bits per heavy atom. The number of furan rings is 1. The van der Waals surface area contributed by atoms with Gasteiger partial charge in [-0.1, -0.05) is 11.6 Å². The molecule has 118 valence electrons. The Hall–Kier alpha value is -1.86. The van der Waals surface area contributed by atoms with Gasteiger partial charge in [-0.25, -0.2) is 13.2 Å². The Morgan fingerprint density at radius 3 is 2.22 bits per heavy atom. The molecular weight excluding hydrogens is 397 g/mol. The van der Waals surface area contributed by atoms with Gasteiger partial charge in [0.15, 0.2) is 9.82 Å². The van der Waals surface area contributed by atoms with Crippen LogP contribution in [0, 0.1) is 24.4 Å². The Balaban J connectivity index is 2.39. The largest absolute Gasteiger partial charge is 0.449 e. The number of hydrogen-bond acceptors (Lipinski definition) is 3. The summed E-state index contributed by atoms with van der Waals surface area (Å²) < 4.78 is 47.4. The van der Waals surface area contributed by atoms with Gasteiger partial charge in [0.1, 0.15) is 23.2 Å². The van der Waals surface area contributed by atoms with Crippen molar-refractivity contribution in [3.05, 3.63) is 57.2 Å². The second-order valence-corrected chi connectivity index (χ2v) is 5.81. The zero-order valence-electron chi connectivity index (χ0n) is 11.5. The average molecular weight is 404 g/mol. The van der Waals surface area contributed by atoms with E-state index in [-0.39, 0.29) is 16.3 Å². The number of benzene rings is 1. The highest BCUT2D eigenvalue weighted by atomic mass is 79.9. The molecule has 1 aromatic carbocycles. The molecular formula is C15H7BrClF3N2O. The molecule has 0 aliphatic carbocycles.